The standard InChI is InChI=1S/C15H21N3O/c1-10(7-12-4-5-12)16-8-13-9-17-18-15(13)14-6-3-11(2)19-14/h3,6,9-10,12,16H,4-5,7-8H2,1-2H3,(H,17,18). The number of hydrogen-bond acceptors (Lipinski definition) is 3. The summed E-state index contributed by atoms with van der Waals surface area (Å²) in [5, 5.41) is 10.7. The van der Waals surface area contributed by atoms with Crippen molar-refractivity contribution in [1.29, 1.82) is 0 Å². The van der Waals surface area contributed by atoms with E-state index < -0.39 is 0 Å². The molecule has 0 aromatic carbocycles. The predicted molar refractivity (Wildman–Crippen MR) is 74.7 cm³/mol. The lowest BCUT2D eigenvalue weighted by molar-refractivity contribution is 0.487. The molecule has 2 aromatic rings. The molecule has 2 N–H and O–H groups in total. The number of nitrogens with zero attached hydrogens (tertiary/aromatic N) is 1. The van der Waals surface area contributed by atoms with Gasteiger partial charge in [0.15, 0.2) is 5.76 Å². The third-order valence-corrected chi connectivity index (χ3v) is 3.73. The number of aryl methyl sites for hydroxylation is 1. The molecule has 0 bridgehead atoms. The maximum atomic E-state index is 5.65. The van der Waals surface area contributed by atoms with Crippen LogP contribution in [0, 0.1) is 12.8 Å². The molecule has 0 saturated heterocycles. The van der Waals surface area contributed by atoms with Crippen molar-refractivity contribution in [3.8, 4) is 11.5 Å². The van der Waals surface area contributed by atoms with Crippen molar-refractivity contribution in [2.45, 2.75) is 45.7 Å². The minimum absolute atomic E-state index is 0.564. The van der Waals surface area contributed by atoms with E-state index in [2.05, 4.69) is 22.4 Å². The number of H-pyrrole nitrogens is 1. The van der Waals surface area contributed by atoms with E-state index in [4.69, 9.17) is 4.42 Å². The van der Waals surface area contributed by atoms with Crippen LogP contribution in [0.1, 0.15) is 37.5 Å². The fraction of sp³-hybridized carbons (Fsp3) is 0.533. The molecule has 3 rings (SSSR count). The molecule has 0 radical (unpaired) electrons. The van der Waals surface area contributed by atoms with Crippen molar-refractivity contribution < 1.29 is 4.42 Å². The Labute approximate surface area is 113 Å². The van der Waals surface area contributed by atoms with Crippen molar-refractivity contribution in [3.05, 3.63) is 29.7 Å². The first-order valence-electron chi connectivity index (χ1n) is 7.05. The van der Waals surface area contributed by atoms with Crippen LogP contribution in [-0.4, -0.2) is 16.2 Å². The van der Waals surface area contributed by atoms with Gasteiger partial charge in [-0.25, -0.2) is 0 Å². The van der Waals surface area contributed by atoms with Crippen molar-refractivity contribution in [3.63, 3.8) is 0 Å². The summed E-state index contributed by atoms with van der Waals surface area (Å²) < 4.78 is 5.65. The molecule has 1 aliphatic rings. The van der Waals surface area contributed by atoms with Crippen molar-refractivity contribution in [1.82, 2.24) is 15.5 Å². The second kappa shape index (κ2) is 5.21. The Bertz CT molecular complexity index is 539. The van der Waals surface area contributed by atoms with Gasteiger partial charge in [-0.05, 0) is 38.3 Å². The highest BCUT2D eigenvalue weighted by Gasteiger charge is 2.23. The Kier molecular flexibility index (Phi) is 3.42. The zero-order valence-electron chi connectivity index (χ0n) is 11.6. The summed E-state index contributed by atoms with van der Waals surface area (Å²) in [5.74, 6) is 2.74. The normalized spacial score (nSPS) is 16.7. The molecular formula is C15H21N3O. The summed E-state index contributed by atoms with van der Waals surface area (Å²) >= 11 is 0. The van der Waals surface area contributed by atoms with E-state index in [1.54, 1.807) is 0 Å². The molecule has 102 valence electrons. The Morgan fingerprint density at radius 1 is 1.47 bits per heavy atom. The predicted octanol–water partition coefficient (Wildman–Crippen LogP) is 3.26. The number of hydrogen-bond donors (Lipinski definition) is 2. The molecule has 1 atom stereocenters. The second-order valence-electron chi connectivity index (χ2n) is 5.64. The van der Waals surface area contributed by atoms with Gasteiger partial charge in [-0.1, -0.05) is 12.8 Å². The number of aromatic amines is 1. The lowest BCUT2D eigenvalue weighted by Gasteiger charge is -2.12. The smallest absolute Gasteiger partial charge is 0.152 e. The lowest BCUT2D eigenvalue weighted by Crippen LogP contribution is -2.25. The van der Waals surface area contributed by atoms with Gasteiger partial charge < -0.3 is 9.73 Å². The van der Waals surface area contributed by atoms with Gasteiger partial charge in [-0.15, -0.1) is 0 Å². The average molecular weight is 259 g/mol. The molecule has 1 saturated carbocycles. The van der Waals surface area contributed by atoms with Gasteiger partial charge in [0.05, 0.1) is 6.20 Å². The maximum Gasteiger partial charge on any atom is 0.152 e. The summed E-state index contributed by atoms with van der Waals surface area (Å²) in [6.07, 6.45) is 5.99. The van der Waals surface area contributed by atoms with E-state index in [1.807, 2.05) is 25.3 Å². The number of furan rings is 1. The molecule has 1 unspecified atom stereocenters. The van der Waals surface area contributed by atoms with Gasteiger partial charge in [0.25, 0.3) is 0 Å². The van der Waals surface area contributed by atoms with E-state index in [0.29, 0.717) is 6.04 Å². The molecule has 0 aliphatic heterocycles. The first-order chi connectivity index (χ1) is 9.22. The summed E-state index contributed by atoms with van der Waals surface area (Å²) in [6, 6.07) is 4.52. The van der Waals surface area contributed by atoms with Gasteiger partial charge in [-0.2, -0.15) is 5.10 Å². The number of aromatic nitrogens is 2. The van der Waals surface area contributed by atoms with Gasteiger partial charge in [0.1, 0.15) is 11.5 Å². The van der Waals surface area contributed by atoms with Crippen LogP contribution in [0.15, 0.2) is 22.7 Å². The molecular weight excluding hydrogens is 238 g/mol. The molecule has 1 fully saturated rings. The molecule has 19 heavy (non-hydrogen) atoms. The molecule has 4 nitrogen and oxygen atoms in total. The van der Waals surface area contributed by atoms with E-state index in [-0.39, 0.29) is 0 Å². The summed E-state index contributed by atoms with van der Waals surface area (Å²) in [6.45, 7) is 5.05. The number of rotatable bonds is 6. The van der Waals surface area contributed by atoms with Crippen LogP contribution in [-0.2, 0) is 6.54 Å². The van der Waals surface area contributed by atoms with E-state index in [9.17, 15) is 0 Å². The van der Waals surface area contributed by atoms with Crippen molar-refractivity contribution >= 4 is 0 Å². The van der Waals surface area contributed by atoms with Gasteiger partial charge in [0, 0.05) is 18.2 Å². The largest absolute Gasteiger partial charge is 0.460 e. The SMILES string of the molecule is Cc1ccc(-c2[nH]ncc2CNC(C)CC2CC2)o1. The molecule has 1 aliphatic carbocycles. The molecule has 2 aromatic heterocycles. The zero-order chi connectivity index (χ0) is 13.2. The Balaban J connectivity index is 1.63. The van der Waals surface area contributed by atoms with Crippen LogP contribution < -0.4 is 5.32 Å². The van der Waals surface area contributed by atoms with Gasteiger partial charge in [-0.3, -0.25) is 5.10 Å². The third-order valence-electron chi connectivity index (χ3n) is 3.73. The highest BCUT2D eigenvalue weighted by atomic mass is 16.3. The van der Waals surface area contributed by atoms with E-state index >= 15 is 0 Å². The summed E-state index contributed by atoms with van der Waals surface area (Å²) in [4.78, 5) is 0. The van der Waals surface area contributed by atoms with Gasteiger partial charge >= 0.3 is 0 Å². The Hall–Kier alpha value is -1.55. The van der Waals surface area contributed by atoms with E-state index in [1.165, 1.54) is 19.3 Å². The summed E-state index contributed by atoms with van der Waals surface area (Å²) in [7, 11) is 0. The van der Waals surface area contributed by atoms with Crippen LogP contribution in [0.5, 0.6) is 0 Å². The Morgan fingerprint density at radius 3 is 3.00 bits per heavy atom. The fourth-order valence-corrected chi connectivity index (χ4v) is 2.45. The average Bonchev–Trinajstić information content (AvgIpc) is 2.91. The van der Waals surface area contributed by atoms with Crippen molar-refractivity contribution in [2.75, 3.05) is 0 Å². The van der Waals surface area contributed by atoms with Crippen LogP contribution in [0.3, 0.4) is 0 Å². The molecule has 0 spiro atoms. The highest BCUT2D eigenvalue weighted by Crippen LogP contribution is 2.33. The number of nitrogens with one attached hydrogen (secondary N) is 2. The lowest BCUT2D eigenvalue weighted by atomic mass is 10.1. The van der Waals surface area contributed by atoms with Crippen LogP contribution in [0.2, 0.25) is 0 Å². The minimum atomic E-state index is 0.564. The molecule has 2 heterocycles. The topological polar surface area (TPSA) is 53.9 Å². The van der Waals surface area contributed by atoms with Crippen LogP contribution >= 0.6 is 0 Å². The fourth-order valence-electron chi connectivity index (χ4n) is 2.45. The minimum Gasteiger partial charge on any atom is -0.460 e. The maximum absolute atomic E-state index is 5.65. The van der Waals surface area contributed by atoms with Crippen LogP contribution in [0.25, 0.3) is 11.5 Å². The van der Waals surface area contributed by atoms with E-state index in [0.717, 1.165) is 35.2 Å². The first kappa shape index (κ1) is 12.5. The highest BCUT2D eigenvalue weighted by molar-refractivity contribution is 5.56. The summed E-state index contributed by atoms with van der Waals surface area (Å²) in [5.41, 5.74) is 2.15. The molecule has 4 heteroatoms. The van der Waals surface area contributed by atoms with Crippen LogP contribution in [0.4, 0.5) is 0 Å². The quantitative estimate of drug-likeness (QED) is 0.837. The third kappa shape index (κ3) is 3.07. The molecule has 0 amide bonds. The van der Waals surface area contributed by atoms with Crippen molar-refractivity contribution in [2.24, 2.45) is 5.92 Å². The first-order valence-corrected chi connectivity index (χ1v) is 7.05. The monoisotopic (exact) mass is 259 g/mol. The van der Waals surface area contributed by atoms with Gasteiger partial charge in [0.2, 0.25) is 0 Å². The Morgan fingerprint density at radius 2 is 2.32 bits per heavy atom. The second-order valence-corrected chi connectivity index (χ2v) is 5.64. The zero-order valence-corrected chi connectivity index (χ0v) is 11.6.